The van der Waals surface area contributed by atoms with Crippen LogP contribution in [0, 0.1) is 0 Å². The molecule has 0 fully saturated rings. The van der Waals surface area contributed by atoms with Crippen LogP contribution in [0.2, 0.25) is 0 Å². The number of hydrogen-bond donors (Lipinski definition) is 0. The van der Waals surface area contributed by atoms with Crippen LogP contribution in [-0.4, -0.2) is 0 Å². The summed E-state index contributed by atoms with van der Waals surface area (Å²) >= 11 is 3.81. The van der Waals surface area contributed by atoms with Crippen LogP contribution in [0.15, 0.2) is 182 Å². The van der Waals surface area contributed by atoms with Crippen LogP contribution in [0.4, 0.5) is 0 Å². The summed E-state index contributed by atoms with van der Waals surface area (Å²) in [6, 6.07) is 68.7. The van der Waals surface area contributed by atoms with E-state index in [1.54, 1.807) is 0 Å². The molecule has 0 saturated heterocycles. The lowest BCUT2D eigenvalue weighted by molar-refractivity contribution is 0.660. The van der Waals surface area contributed by atoms with Gasteiger partial charge in [-0.3, -0.25) is 0 Å². The van der Waals surface area contributed by atoms with Gasteiger partial charge in [0.15, 0.2) is 0 Å². The van der Waals surface area contributed by atoms with Crippen LogP contribution in [0.1, 0.15) is 25.0 Å². The zero-order chi connectivity index (χ0) is 39.0. The second-order valence-electron chi connectivity index (χ2n) is 16.8. The topological polar surface area (TPSA) is 0 Å². The Balaban J connectivity index is 0.929. The van der Waals surface area contributed by atoms with Crippen LogP contribution in [-0.2, 0) is 5.41 Å². The normalized spacial score (nSPS) is 13.4. The maximum absolute atomic E-state index is 2.43. The number of benzene rings is 10. The van der Waals surface area contributed by atoms with Crippen LogP contribution >= 0.6 is 22.7 Å². The summed E-state index contributed by atoms with van der Waals surface area (Å²) in [5.74, 6) is 0. The molecule has 0 N–H and O–H groups in total. The van der Waals surface area contributed by atoms with E-state index in [9.17, 15) is 0 Å². The summed E-state index contributed by atoms with van der Waals surface area (Å²) in [6.07, 6.45) is 0. The number of fused-ring (bicyclic) bond motifs is 12. The van der Waals surface area contributed by atoms with Crippen molar-refractivity contribution in [2.45, 2.75) is 19.3 Å². The Labute approximate surface area is 350 Å². The smallest absolute Gasteiger partial charge is 0.0369 e. The molecular weight excluding hydrogens is 749 g/mol. The van der Waals surface area contributed by atoms with E-state index in [-0.39, 0.29) is 5.41 Å². The molecule has 1 aliphatic rings. The SMILES string of the molecule is CC1(C)c2ccccc2-c2c(-c3c4ccccc4c(-c4ccc(-c5ccc6cc7c(cc6c5)sc5cc6sc8ccccc8c6cc57)cc4)c4ccccc34)cccc21. The monoisotopic (exact) mass is 784 g/mol. The number of rotatable bonds is 3. The largest absolute Gasteiger partial charge is 0.135 e. The molecule has 0 saturated carbocycles. The average Bonchev–Trinajstić information content (AvgIpc) is 3.90. The Morgan fingerprint density at radius 3 is 1.61 bits per heavy atom. The van der Waals surface area contributed by atoms with Crippen molar-refractivity contribution in [1.29, 1.82) is 0 Å². The molecule has 2 heterocycles. The van der Waals surface area contributed by atoms with Crippen molar-refractivity contribution in [3.8, 4) is 44.5 Å². The Bertz CT molecular complexity index is 3690. The average molecular weight is 785 g/mol. The van der Waals surface area contributed by atoms with Crippen molar-refractivity contribution in [1.82, 2.24) is 0 Å². The van der Waals surface area contributed by atoms with Crippen molar-refractivity contribution < 1.29 is 0 Å². The van der Waals surface area contributed by atoms with E-state index in [1.807, 2.05) is 22.7 Å². The van der Waals surface area contributed by atoms with Gasteiger partial charge in [0.25, 0.3) is 0 Å². The van der Waals surface area contributed by atoms with Crippen LogP contribution < -0.4 is 0 Å². The predicted octanol–water partition coefficient (Wildman–Crippen LogP) is 17.2. The Hall–Kier alpha value is -6.58. The van der Waals surface area contributed by atoms with Gasteiger partial charge in [-0.2, -0.15) is 0 Å². The van der Waals surface area contributed by atoms with Gasteiger partial charge in [0.2, 0.25) is 0 Å². The maximum Gasteiger partial charge on any atom is 0.0369 e. The molecule has 0 unspecified atom stereocenters. The summed E-state index contributed by atoms with van der Waals surface area (Å²) in [4.78, 5) is 0. The lowest BCUT2D eigenvalue weighted by Gasteiger charge is -2.22. The third kappa shape index (κ3) is 4.76. The van der Waals surface area contributed by atoms with Gasteiger partial charge in [-0.1, -0.05) is 159 Å². The highest BCUT2D eigenvalue weighted by atomic mass is 32.1. The fourth-order valence-electron chi connectivity index (χ4n) is 10.4. The van der Waals surface area contributed by atoms with E-state index in [4.69, 9.17) is 0 Å². The highest BCUT2D eigenvalue weighted by molar-refractivity contribution is 7.28. The third-order valence-corrected chi connectivity index (χ3v) is 15.5. The van der Waals surface area contributed by atoms with Crippen molar-refractivity contribution in [3.05, 3.63) is 193 Å². The summed E-state index contributed by atoms with van der Waals surface area (Å²) < 4.78 is 5.43. The van der Waals surface area contributed by atoms with Crippen molar-refractivity contribution in [3.63, 3.8) is 0 Å². The zero-order valence-corrected chi connectivity index (χ0v) is 34.3. The molecule has 0 nitrogen and oxygen atoms in total. The summed E-state index contributed by atoms with van der Waals surface area (Å²) in [7, 11) is 0. The fourth-order valence-corrected chi connectivity index (χ4v) is 12.8. The Morgan fingerprint density at radius 2 is 0.847 bits per heavy atom. The molecule has 12 aromatic rings. The maximum atomic E-state index is 2.43. The van der Waals surface area contributed by atoms with Crippen LogP contribution in [0.25, 0.3) is 117 Å². The minimum absolute atomic E-state index is 0.0570. The third-order valence-electron chi connectivity index (χ3n) is 13.2. The second-order valence-corrected chi connectivity index (χ2v) is 18.9. The second kappa shape index (κ2) is 12.2. The molecule has 13 rings (SSSR count). The summed E-state index contributed by atoms with van der Waals surface area (Å²) in [5, 5.41) is 13.1. The Kier molecular flexibility index (Phi) is 6.92. The molecule has 0 atom stereocenters. The molecule has 0 radical (unpaired) electrons. The molecule has 276 valence electrons. The first kappa shape index (κ1) is 33.4. The van der Waals surface area contributed by atoms with Gasteiger partial charge in [-0.15, -0.1) is 22.7 Å². The van der Waals surface area contributed by atoms with Gasteiger partial charge in [0, 0.05) is 45.8 Å². The first-order chi connectivity index (χ1) is 29.0. The lowest BCUT2D eigenvalue weighted by Crippen LogP contribution is -2.14. The zero-order valence-electron chi connectivity index (χ0n) is 32.6. The molecule has 0 aliphatic heterocycles. The summed E-state index contributed by atoms with van der Waals surface area (Å²) in [5.41, 5.74) is 13.1. The molecule has 10 aromatic carbocycles. The van der Waals surface area contributed by atoms with E-state index < -0.39 is 0 Å². The molecule has 59 heavy (non-hydrogen) atoms. The van der Waals surface area contributed by atoms with Gasteiger partial charge in [0.05, 0.1) is 0 Å². The molecule has 0 spiro atoms. The van der Waals surface area contributed by atoms with Gasteiger partial charge in [-0.25, -0.2) is 0 Å². The first-order valence-electron chi connectivity index (χ1n) is 20.5. The van der Waals surface area contributed by atoms with Crippen molar-refractivity contribution >= 4 is 95.3 Å². The molecular formula is C57H36S2. The highest BCUT2D eigenvalue weighted by Gasteiger charge is 2.37. The van der Waals surface area contributed by atoms with Crippen molar-refractivity contribution in [2.24, 2.45) is 0 Å². The van der Waals surface area contributed by atoms with E-state index in [1.165, 1.54) is 128 Å². The standard InChI is InChI=1S/C57H36S2/c1-57(2)48-19-9-7-17-43(48)56-44(18-11-20-49(56)57)55-41-15-5-3-13-39(41)54(40-14-4-6-16-42(40)55)34-24-22-33(23-25-34)35-26-27-36-29-45-47-31-46-38-12-8-10-21-50(38)58-52(46)32-53(47)59-51(45)30-37(36)28-35/h3-32H,1-2H3. The van der Waals surface area contributed by atoms with Crippen molar-refractivity contribution in [2.75, 3.05) is 0 Å². The molecule has 0 bridgehead atoms. The van der Waals surface area contributed by atoms with E-state index >= 15 is 0 Å². The quantitative estimate of drug-likeness (QED) is 0.157. The van der Waals surface area contributed by atoms with Gasteiger partial charge in [0.1, 0.15) is 0 Å². The molecule has 2 aromatic heterocycles. The minimum Gasteiger partial charge on any atom is -0.135 e. The van der Waals surface area contributed by atoms with Gasteiger partial charge >= 0.3 is 0 Å². The Morgan fingerprint density at radius 1 is 0.305 bits per heavy atom. The number of thiophene rings is 2. The summed E-state index contributed by atoms with van der Waals surface area (Å²) in [6.45, 7) is 4.74. The lowest BCUT2D eigenvalue weighted by atomic mass is 9.80. The van der Waals surface area contributed by atoms with E-state index in [0.29, 0.717) is 0 Å². The number of hydrogen-bond acceptors (Lipinski definition) is 2. The highest BCUT2D eigenvalue weighted by Crippen LogP contribution is 2.54. The van der Waals surface area contributed by atoms with Gasteiger partial charge in [-0.05, 0) is 124 Å². The molecule has 2 heteroatoms. The predicted molar refractivity (Wildman–Crippen MR) is 259 cm³/mol. The van der Waals surface area contributed by atoms with Crippen LogP contribution in [0.5, 0.6) is 0 Å². The van der Waals surface area contributed by atoms with E-state index in [0.717, 1.165) is 0 Å². The fraction of sp³-hybridized carbons (Fsp3) is 0.0526. The molecule has 1 aliphatic carbocycles. The van der Waals surface area contributed by atoms with Gasteiger partial charge < -0.3 is 0 Å². The molecule has 0 amide bonds. The van der Waals surface area contributed by atoms with Crippen LogP contribution in [0.3, 0.4) is 0 Å². The first-order valence-corrected chi connectivity index (χ1v) is 22.1. The van der Waals surface area contributed by atoms with E-state index in [2.05, 4.69) is 196 Å². The minimum atomic E-state index is -0.0570.